The van der Waals surface area contributed by atoms with Crippen LogP contribution in [0, 0.1) is 0 Å². The highest BCUT2D eigenvalue weighted by molar-refractivity contribution is 7.26. The van der Waals surface area contributed by atoms with Gasteiger partial charge >= 0.3 is 0 Å². The molecule has 3 aromatic heterocycles. The van der Waals surface area contributed by atoms with Gasteiger partial charge in [-0.05, 0) is 35.7 Å². The summed E-state index contributed by atoms with van der Waals surface area (Å²) >= 11 is 1.86. The van der Waals surface area contributed by atoms with E-state index in [0.717, 1.165) is 33.2 Å². The maximum absolute atomic E-state index is 5.25. The third-order valence-electron chi connectivity index (χ3n) is 8.00. The summed E-state index contributed by atoms with van der Waals surface area (Å²) in [4.78, 5) is 10.4. The summed E-state index contributed by atoms with van der Waals surface area (Å²) in [5, 5.41) is 8.70. The lowest BCUT2D eigenvalue weighted by Crippen LogP contribution is -2.03. The standard InChI is InChI=1S/C36H21N3S/c1-2-10-23(11-3-1)35-24-12-4-7-15-27(24)37-36(38-35)39-28-16-8-5-13-25(28)33-29(39)20-18-22-19-21-31-34(32(22)33)26-14-6-9-17-30(26)40-31/h1-21H. The fourth-order valence-electron chi connectivity index (χ4n) is 6.29. The third kappa shape index (κ3) is 2.99. The van der Waals surface area contributed by atoms with Gasteiger partial charge in [-0.3, -0.25) is 4.57 Å². The van der Waals surface area contributed by atoms with Crippen LogP contribution in [0.1, 0.15) is 0 Å². The van der Waals surface area contributed by atoms with E-state index in [0.29, 0.717) is 5.95 Å². The van der Waals surface area contributed by atoms with Crippen molar-refractivity contribution in [2.24, 2.45) is 0 Å². The lowest BCUT2D eigenvalue weighted by atomic mass is 9.99. The van der Waals surface area contributed by atoms with Crippen LogP contribution in [0.15, 0.2) is 127 Å². The van der Waals surface area contributed by atoms with Gasteiger partial charge in [-0.15, -0.1) is 11.3 Å². The largest absolute Gasteiger partial charge is 0.278 e. The molecule has 0 aliphatic carbocycles. The molecule has 3 nitrogen and oxygen atoms in total. The predicted octanol–water partition coefficient (Wildman–Crippen LogP) is 9.91. The second kappa shape index (κ2) is 8.22. The predicted molar refractivity (Wildman–Crippen MR) is 170 cm³/mol. The number of nitrogens with zero attached hydrogens (tertiary/aromatic N) is 3. The number of hydrogen-bond donors (Lipinski definition) is 0. The summed E-state index contributed by atoms with van der Waals surface area (Å²) in [7, 11) is 0. The number of fused-ring (bicyclic) bond motifs is 10. The van der Waals surface area contributed by atoms with Gasteiger partial charge in [-0.1, -0.05) is 97.1 Å². The maximum atomic E-state index is 5.25. The molecule has 0 N–H and O–H groups in total. The number of thiophene rings is 1. The first-order valence-electron chi connectivity index (χ1n) is 13.4. The van der Waals surface area contributed by atoms with Crippen molar-refractivity contribution in [2.45, 2.75) is 0 Å². The molecule has 3 heterocycles. The Morgan fingerprint density at radius 3 is 2.10 bits per heavy atom. The third-order valence-corrected chi connectivity index (χ3v) is 9.13. The van der Waals surface area contributed by atoms with Gasteiger partial charge in [-0.2, -0.15) is 0 Å². The van der Waals surface area contributed by atoms with Crippen LogP contribution in [0.25, 0.3) is 80.9 Å². The molecule has 40 heavy (non-hydrogen) atoms. The molecule has 0 bridgehead atoms. The molecule has 0 fully saturated rings. The molecule has 0 saturated heterocycles. The van der Waals surface area contributed by atoms with Crippen molar-refractivity contribution in [2.75, 3.05) is 0 Å². The van der Waals surface area contributed by atoms with Gasteiger partial charge in [0.25, 0.3) is 0 Å². The zero-order valence-electron chi connectivity index (χ0n) is 21.4. The number of rotatable bonds is 2. The molecular formula is C36H21N3S. The van der Waals surface area contributed by atoms with Gasteiger partial charge in [0.2, 0.25) is 5.95 Å². The van der Waals surface area contributed by atoms with Crippen LogP contribution in [-0.4, -0.2) is 14.5 Å². The highest BCUT2D eigenvalue weighted by Gasteiger charge is 2.20. The van der Waals surface area contributed by atoms with Crippen LogP contribution >= 0.6 is 11.3 Å². The van der Waals surface area contributed by atoms with E-state index >= 15 is 0 Å². The molecule has 6 aromatic carbocycles. The van der Waals surface area contributed by atoms with E-state index in [-0.39, 0.29) is 0 Å². The van der Waals surface area contributed by atoms with Gasteiger partial charge in [0.05, 0.1) is 22.2 Å². The van der Waals surface area contributed by atoms with Gasteiger partial charge in [0.15, 0.2) is 0 Å². The van der Waals surface area contributed by atoms with E-state index in [4.69, 9.17) is 9.97 Å². The summed E-state index contributed by atoms with van der Waals surface area (Å²) in [6.07, 6.45) is 0. The van der Waals surface area contributed by atoms with Crippen molar-refractivity contribution >= 4 is 75.0 Å². The molecule has 0 atom stereocenters. The normalized spacial score (nSPS) is 12.0. The number of hydrogen-bond acceptors (Lipinski definition) is 3. The number of para-hydroxylation sites is 2. The van der Waals surface area contributed by atoms with Crippen LogP contribution < -0.4 is 0 Å². The molecule has 0 aliphatic heterocycles. The average molecular weight is 528 g/mol. The quantitative estimate of drug-likeness (QED) is 0.224. The Balaban J connectivity index is 1.47. The molecule has 0 spiro atoms. The molecule has 0 saturated carbocycles. The molecule has 0 amide bonds. The molecule has 0 unspecified atom stereocenters. The minimum atomic E-state index is 0.686. The van der Waals surface area contributed by atoms with Crippen molar-refractivity contribution in [3.8, 4) is 17.2 Å². The molecule has 0 radical (unpaired) electrons. The second-order valence-corrected chi connectivity index (χ2v) is 11.3. The lowest BCUT2D eigenvalue weighted by molar-refractivity contribution is 1.01. The van der Waals surface area contributed by atoms with Crippen LogP contribution in [0.4, 0.5) is 0 Å². The van der Waals surface area contributed by atoms with Gasteiger partial charge < -0.3 is 0 Å². The topological polar surface area (TPSA) is 30.7 Å². The van der Waals surface area contributed by atoms with E-state index in [1.807, 2.05) is 23.5 Å². The van der Waals surface area contributed by atoms with Gasteiger partial charge in [0, 0.05) is 47.3 Å². The summed E-state index contributed by atoms with van der Waals surface area (Å²) in [5.41, 5.74) is 5.19. The minimum Gasteiger partial charge on any atom is -0.278 e. The Morgan fingerprint density at radius 2 is 1.20 bits per heavy atom. The van der Waals surface area contributed by atoms with Crippen LogP contribution in [0.3, 0.4) is 0 Å². The van der Waals surface area contributed by atoms with E-state index < -0.39 is 0 Å². The van der Waals surface area contributed by atoms with Crippen molar-refractivity contribution in [3.63, 3.8) is 0 Å². The molecule has 4 heteroatoms. The fourth-order valence-corrected chi connectivity index (χ4v) is 7.40. The smallest absolute Gasteiger partial charge is 0.235 e. The highest BCUT2D eigenvalue weighted by atomic mass is 32.1. The fraction of sp³-hybridized carbons (Fsp3) is 0. The van der Waals surface area contributed by atoms with E-state index in [1.165, 1.54) is 41.7 Å². The molecule has 186 valence electrons. The van der Waals surface area contributed by atoms with Crippen LogP contribution in [0.2, 0.25) is 0 Å². The first-order chi connectivity index (χ1) is 19.8. The van der Waals surface area contributed by atoms with Crippen LogP contribution in [-0.2, 0) is 0 Å². The highest BCUT2D eigenvalue weighted by Crippen LogP contribution is 2.44. The SMILES string of the molecule is c1ccc(-c2nc(-n3c4ccccc4c4c5c(ccc6sc7ccccc7c65)ccc43)nc3ccccc23)cc1. The minimum absolute atomic E-state index is 0.686. The average Bonchev–Trinajstić information content (AvgIpc) is 3.57. The Bertz CT molecular complexity index is 2430. The Morgan fingerprint density at radius 1 is 0.475 bits per heavy atom. The number of aromatic nitrogens is 3. The van der Waals surface area contributed by atoms with Crippen molar-refractivity contribution < 1.29 is 0 Å². The monoisotopic (exact) mass is 527 g/mol. The van der Waals surface area contributed by atoms with E-state index in [1.54, 1.807) is 0 Å². The first-order valence-corrected chi connectivity index (χ1v) is 14.3. The summed E-state index contributed by atoms with van der Waals surface area (Å²) in [6.45, 7) is 0. The van der Waals surface area contributed by atoms with Crippen molar-refractivity contribution in [3.05, 3.63) is 127 Å². The van der Waals surface area contributed by atoms with Crippen molar-refractivity contribution in [1.29, 1.82) is 0 Å². The zero-order valence-corrected chi connectivity index (χ0v) is 22.2. The summed E-state index contributed by atoms with van der Waals surface area (Å²) in [6, 6.07) is 45.1. The molecule has 9 aromatic rings. The maximum Gasteiger partial charge on any atom is 0.235 e. The molecule has 9 rings (SSSR count). The molecular weight excluding hydrogens is 506 g/mol. The van der Waals surface area contributed by atoms with E-state index in [2.05, 4.69) is 120 Å². The van der Waals surface area contributed by atoms with Crippen molar-refractivity contribution in [1.82, 2.24) is 14.5 Å². The lowest BCUT2D eigenvalue weighted by Gasteiger charge is -2.12. The first kappa shape index (κ1) is 21.8. The summed E-state index contributed by atoms with van der Waals surface area (Å²) < 4.78 is 4.87. The Kier molecular flexibility index (Phi) is 4.48. The zero-order chi connectivity index (χ0) is 26.2. The van der Waals surface area contributed by atoms with E-state index in [9.17, 15) is 0 Å². The Hall–Kier alpha value is -5.06. The molecule has 0 aliphatic rings. The van der Waals surface area contributed by atoms with Crippen LogP contribution in [0.5, 0.6) is 0 Å². The van der Waals surface area contributed by atoms with Gasteiger partial charge in [-0.25, -0.2) is 9.97 Å². The number of benzene rings is 6. The summed E-state index contributed by atoms with van der Waals surface area (Å²) in [5.74, 6) is 0.686. The Labute approximate surface area is 233 Å². The van der Waals surface area contributed by atoms with Gasteiger partial charge in [0.1, 0.15) is 0 Å². The second-order valence-electron chi connectivity index (χ2n) is 10.2.